The van der Waals surface area contributed by atoms with Gasteiger partial charge in [0.2, 0.25) is 10.0 Å². The van der Waals surface area contributed by atoms with Crippen molar-refractivity contribution in [1.29, 1.82) is 0 Å². The molecule has 0 heterocycles. The first-order valence-electron chi connectivity index (χ1n) is 5.89. The van der Waals surface area contributed by atoms with E-state index in [2.05, 4.69) is 0 Å². The summed E-state index contributed by atoms with van der Waals surface area (Å²) in [5, 5.41) is 4.82. The molecular weight excluding hydrogens is 292 g/mol. The Morgan fingerprint density at radius 1 is 1.40 bits per heavy atom. The van der Waals surface area contributed by atoms with Crippen molar-refractivity contribution in [1.82, 2.24) is 0 Å². The summed E-state index contributed by atoms with van der Waals surface area (Å²) in [7, 11) is -4.25. The molecule has 0 saturated heterocycles. The molecule has 0 aliphatic heterocycles. The molecule has 8 heteroatoms. The van der Waals surface area contributed by atoms with Gasteiger partial charge in [-0.05, 0) is 25.5 Å². The number of sulfonamides is 1. The van der Waals surface area contributed by atoms with Gasteiger partial charge in [0.25, 0.3) is 0 Å². The summed E-state index contributed by atoms with van der Waals surface area (Å²) < 4.78 is 54.0. The molecule has 1 rings (SSSR count). The minimum atomic E-state index is -4.25. The highest BCUT2D eigenvalue weighted by Gasteiger charge is 2.23. The van der Waals surface area contributed by atoms with E-state index in [1.807, 2.05) is 6.92 Å². The predicted octanol–water partition coefficient (Wildman–Crippen LogP) is 1.96. The Bertz CT molecular complexity index is 616. The number of nitrogens with two attached hydrogens (primary N) is 1. The molecule has 1 aromatic rings. The van der Waals surface area contributed by atoms with E-state index < -0.39 is 44.2 Å². The highest BCUT2D eigenvalue weighted by atomic mass is 32.2. The summed E-state index contributed by atoms with van der Waals surface area (Å²) in [4.78, 5) is 11.0. The van der Waals surface area contributed by atoms with Crippen molar-refractivity contribution in [2.24, 2.45) is 5.14 Å². The first-order valence-corrected chi connectivity index (χ1v) is 7.44. The van der Waals surface area contributed by atoms with Crippen LogP contribution in [0.15, 0.2) is 17.0 Å². The van der Waals surface area contributed by atoms with Crippen molar-refractivity contribution in [3.63, 3.8) is 0 Å². The number of hydrogen-bond acceptors (Lipinski definition) is 4. The quantitative estimate of drug-likeness (QED) is 0.842. The average Bonchev–Trinajstić information content (AvgIpc) is 2.31. The van der Waals surface area contributed by atoms with E-state index in [1.165, 1.54) is 0 Å². The molecular formula is C12H15F2NO4S. The van der Waals surface area contributed by atoms with E-state index in [9.17, 15) is 22.0 Å². The zero-order valence-electron chi connectivity index (χ0n) is 11.0. The highest BCUT2D eigenvalue weighted by molar-refractivity contribution is 7.89. The Labute approximate surface area is 115 Å². The van der Waals surface area contributed by atoms with Gasteiger partial charge in [0.1, 0.15) is 0 Å². The van der Waals surface area contributed by atoms with Crippen LogP contribution in [0.25, 0.3) is 0 Å². The normalized spacial score (nSPS) is 13.1. The molecule has 0 aliphatic rings. The molecule has 0 aromatic heterocycles. The second kappa shape index (κ2) is 6.27. The van der Waals surface area contributed by atoms with Crippen molar-refractivity contribution >= 4 is 16.0 Å². The Kier molecular flexibility index (Phi) is 5.18. The summed E-state index contributed by atoms with van der Waals surface area (Å²) in [5.41, 5.74) is -0.794. The molecule has 0 radical (unpaired) electrons. The fraction of sp³-hybridized carbons (Fsp3) is 0.417. The minimum absolute atomic E-state index is 0.414. The standard InChI is InChI=1S/C12H15F2NO4S/c1-3-4-7(2)19-12(16)9-5-8(20(15,17)18)6-10(13)11(9)14/h5-7H,3-4H2,1-2H3,(H2,15,17,18). The molecule has 0 amide bonds. The molecule has 5 nitrogen and oxygen atoms in total. The second-order valence-electron chi connectivity index (χ2n) is 4.32. The zero-order valence-corrected chi connectivity index (χ0v) is 11.8. The van der Waals surface area contributed by atoms with Crippen LogP contribution in [0.1, 0.15) is 37.0 Å². The molecule has 0 aliphatic carbocycles. The van der Waals surface area contributed by atoms with Crippen LogP contribution in [0.5, 0.6) is 0 Å². The van der Waals surface area contributed by atoms with Crippen molar-refractivity contribution < 1.29 is 26.7 Å². The van der Waals surface area contributed by atoms with Crippen LogP contribution in [0.4, 0.5) is 8.78 Å². The van der Waals surface area contributed by atoms with Crippen molar-refractivity contribution in [2.75, 3.05) is 0 Å². The highest BCUT2D eigenvalue weighted by Crippen LogP contribution is 2.19. The maximum atomic E-state index is 13.5. The average molecular weight is 307 g/mol. The predicted molar refractivity (Wildman–Crippen MR) is 67.5 cm³/mol. The van der Waals surface area contributed by atoms with Crippen LogP contribution >= 0.6 is 0 Å². The Balaban J connectivity index is 3.17. The number of ether oxygens (including phenoxy) is 1. The number of hydrogen-bond donors (Lipinski definition) is 1. The van der Waals surface area contributed by atoms with Crippen LogP contribution in [-0.4, -0.2) is 20.5 Å². The third-order valence-electron chi connectivity index (χ3n) is 2.55. The van der Waals surface area contributed by atoms with Crippen LogP contribution in [-0.2, 0) is 14.8 Å². The van der Waals surface area contributed by atoms with Crippen molar-refractivity contribution in [3.05, 3.63) is 29.3 Å². The van der Waals surface area contributed by atoms with Gasteiger partial charge in [0.05, 0.1) is 16.6 Å². The number of rotatable bonds is 5. The molecule has 20 heavy (non-hydrogen) atoms. The third kappa shape index (κ3) is 3.97. The van der Waals surface area contributed by atoms with Gasteiger partial charge in [-0.15, -0.1) is 0 Å². The lowest BCUT2D eigenvalue weighted by molar-refractivity contribution is 0.0316. The summed E-state index contributed by atoms with van der Waals surface area (Å²) in [6, 6.07) is 1.08. The van der Waals surface area contributed by atoms with Gasteiger partial charge in [-0.3, -0.25) is 0 Å². The Morgan fingerprint density at radius 3 is 2.50 bits per heavy atom. The maximum Gasteiger partial charge on any atom is 0.341 e. The molecule has 112 valence electrons. The SMILES string of the molecule is CCCC(C)OC(=O)c1cc(S(N)(=O)=O)cc(F)c1F. The maximum absolute atomic E-state index is 13.5. The van der Waals surface area contributed by atoms with Crippen LogP contribution in [0.3, 0.4) is 0 Å². The van der Waals surface area contributed by atoms with Gasteiger partial charge in [0.15, 0.2) is 11.6 Å². The van der Waals surface area contributed by atoms with E-state index in [0.29, 0.717) is 18.6 Å². The molecule has 2 N–H and O–H groups in total. The topological polar surface area (TPSA) is 86.5 Å². The van der Waals surface area contributed by atoms with E-state index in [4.69, 9.17) is 9.88 Å². The molecule has 1 aromatic carbocycles. The second-order valence-corrected chi connectivity index (χ2v) is 5.88. The number of primary sulfonamides is 1. The van der Waals surface area contributed by atoms with E-state index in [1.54, 1.807) is 6.92 Å². The van der Waals surface area contributed by atoms with E-state index in [-0.39, 0.29) is 0 Å². The number of halogens is 2. The Hall–Kier alpha value is -1.54. The summed E-state index contributed by atoms with van der Waals surface area (Å²) in [6.45, 7) is 3.46. The number of esters is 1. The first kappa shape index (κ1) is 16.5. The van der Waals surface area contributed by atoms with Gasteiger partial charge in [-0.1, -0.05) is 13.3 Å². The van der Waals surface area contributed by atoms with Crippen LogP contribution in [0.2, 0.25) is 0 Å². The number of carbonyl (C=O) groups excluding carboxylic acids is 1. The van der Waals surface area contributed by atoms with Crippen molar-refractivity contribution in [2.45, 2.75) is 37.7 Å². The van der Waals surface area contributed by atoms with Crippen LogP contribution < -0.4 is 5.14 Å². The van der Waals surface area contributed by atoms with Gasteiger partial charge in [-0.2, -0.15) is 0 Å². The zero-order chi connectivity index (χ0) is 15.5. The number of carbonyl (C=O) groups is 1. The molecule has 0 spiro atoms. The van der Waals surface area contributed by atoms with Crippen molar-refractivity contribution in [3.8, 4) is 0 Å². The summed E-state index contributed by atoms with van der Waals surface area (Å²) in [6.07, 6.45) is 0.792. The number of benzene rings is 1. The fourth-order valence-electron chi connectivity index (χ4n) is 1.59. The molecule has 0 fully saturated rings. The van der Waals surface area contributed by atoms with E-state index >= 15 is 0 Å². The molecule has 0 saturated carbocycles. The lowest BCUT2D eigenvalue weighted by Gasteiger charge is -2.13. The molecule has 0 bridgehead atoms. The molecule has 1 unspecified atom stereocenters. The Morgan fingerprint density at radius 2 is 2.00 bits per heavy atom. The lowest BCUT2D eigenvalue weighted by Crippen LogP contribution is -2.19. The fourth-order valence-corrected chi connectivity index (χ4v) is 2.14. The van der Waals surface area contributed by atoms with E-state index in [0.717, 1.165) is 6.42 Å². The smallest absolute Gasteiger partial charge is 0.341 e. The van der Waals surface area contributed by atoms with Gasteiger partial charge in [0, 0.05) is 0 Å². The third-order valence-corrected chi connectivity index (χ3v) is 3.45. The lowest BCUT2D eigenvalue weighted by atomic mass is 10.2. The molecule has 1 atom stereocenters. The van der Waals surface area contributed by atoms with Gasteiger partial charge >= 0.3 is 5.97 Å². The minimum Gasteiger partial charge on any atom is -0.459 e. The van der Waals surface area contributed by atoms with Gasteiger partial charge in [-0.25, -0.2) is 27.1 Å². The van der Waals surface area contributed by atoms with Crippen LogP contribution in [0, 0.1) is 11.6 Å². The first-order chi connectivity index (χ1) is 9.16. The van der Waals surface area contributed by atoms with Gasteiger partial charge < -0.3 is 4.74 Å². The monoisotopic (exact) mass is 307 g/mol. The summed E-state index contributed by atoms with van der Waals surface area (Å²) >= 11 is 0. The summed E-state index contributed by atoms with van der Waals surface area (Å²) in [5.74, 6) is -4.08. The largest absolute Gasteiger partial charge is 0.459 e.